The van der Waals surface area contributed by atoms with Crippen LogP contribution in [0.5, 0.6) is 0 Å². The lowest BCUT2D eigenvalue weighted by Crippen LogP contribution is -2.46. The average Bonchev–Trinajstić information content (AvgIpc) is 3.03. The number of hydrogen-bond acceptors (Lipinski definition) is 6. The lowest BCUT2D eigenvalue weighted by Gasteiger charge is -2.35. The molecule has 0 radical (unpaired) electrons. The topological polar surface area (TPSA) is 65.5 Å². The Morgan fingerprint density at radius 1 is 1.17 bits per heavy atom. The second-order valence-corrected chi connectivity index (χ2v) is 8.99. The van der Waals surface area contributed by atoms with E-state index in [0.29, 0.717) is 10.0 Å². The van der Waals surface area contributed by atoms with Crippen LogP contribution in [0, 0.1) is 6.92 Å². The molecule has 3 rings (SSSR count). The number of nitrogens with zero attached hydrogens (tertiary/aromatic N) is 3. The number of aromatic nitrogens is 1. The highest BCUT2D eigenvalue weighted by Gasteiger charge is 2.18. The molecule has 2 aromatic rings. The van der Waals surface area contributed by atoms with Gasteiger partial charge in [-0.1, -0.05) is 6.92 Å². The summed E-state index contributed by atoms with van der Waals surface area (Å²) in [4.78, 5) is 9.92. The minimum Gasteiger partial charge on any atom is -0.368 e. The molecule has 3 heterocycles. The number of thiophene rings is 1. The van der Waals surface area contributed by atoms with Crippen LogP contribution >= 0.6 is 11.3 Å². The highest BCUT2D eigenvalue weighted by Crippen LogP contribution is 2.23. The largest absolute Gasteiger partial charge is 0.368 e. The fraction of sp³-hybridized carbons (Fsp3) is 0.438. The standard InChI is InChI=1S/C16H22N4O2S2/c1-3-19-8-10-20(11-9-19)14-5-6-15(17-12-14)18-24(21,22)16-7-4-13(2)23-16/h4-7,12H,3,8-11H2,1-2H3,(H,17,18). The molecular weight excluding hydrogens is 344 g/mol. The Morgan fingerprint density at radius 2 is 1.92 bits per heavy atom. The van der Waals surface area contributed by atoms with E-state index < -0.39 is 10.0 Å². The van der Waals surface area contributed by atoms with Crippen LogP contribution in [0.2, 0.25) is 0 Å². The van der Waals surface area contributed by atoms with Crippen LogP contribution in [-0.4, -0.2) is 51.0 Å². The van der Waals surface area contributed by atoms with E-state index in [1.54, 1.807) is 24.4 Å². The lowest BCUT2D eigenvalue weighted by molar-refractivity contribution is 0.271. The molecule has 130 valence electrons. The molecule has 24 heavy (non-hydrogen) atoms. The van der Waals surface area contributed by atoms with Crippen molar-refractivity contribution >= 4 is 32.9 Å². The maximum Gasteiger partial charge on any atom is 0.272 e. The van der Waals surface area contributed by atoms with Crippen LogP contribution in [0.1, 0.15) is 11.8 Å². The number of aryl methyl sites for hydroxylation is 1. The maximum absolute atomic E-state index is 12.3. The van der Waals surface area contributed by atoms with Crippen molar-refractivity contribution in [2.45, 2.75) is 18.1 Å². The first-order chi connectivity index (χ1) is 11.5. The zero-order chi connectivity index (χ0) is 17.2. The molecule has 1 fully saturated rings. The Kier molecular flexibility index (Phi) is 5.07. The number of sulfonamides is 1. The Labute approximate surface area is 147 Å². The Morgan fingerprint density at radius 3 is 2.46 bits per heavy atom. The fourth-order valence-electron chi connectivity index (χ4n) is 2.70. The van der Waals surface area contributed by atoms with E-state index in [1.165, 1.54) is 11.3 Å². The van der Waals surface area contributed by atoms with Crippen LogP contribution in [0.15, 0.2) is 34.7 Å². The van der Waals surface area contributed by atoms with E-state index in [-0.39, 0.29) is 0 Å². The van der Waals surface area contributed by atoms with E-state index in [1.807, 2.05) is 13.0 Å². The quantitative estimate of drug-likeness (QED) is 0.880. The van der Waals surface area contributed by atoms with Crippen LogP contribution in [0.4, 0.5) is 11.5 Å². The monoisotopic (exact) mass is 366 g/mol. The first kappa shape index (κ1) is 17.2. The summed E-state index contributed by atoms with van der Waals surface area (Å²) in [6.07, 6.45) is 1.74. The van der Waals surface area contributed by atoms with Gasteiger partial charge in [0.25, 0.3) is 10.0 Å². The Balaban J connectivity index is 1.67. The summed E-state index contributed by atoms with van der Waals surface area (Å²) in [5, 5.41) is 0. The predicted octanol–water partition coefficient (Wildman–Crippen LogP) is 2.39. The summed E-state index contributed by atoms with van der Waals surface area (Å²) in [5.74, 6) is 0.344. The third kappa shape index (κ3) is 3.88. The molecule has 2 aromatic heterocycles. The molecule has 1 saturated heterocycles. The van der Waals surface area contributed by atoms with Gasteiger partial charge in [-0.3, -0.25) is 4.72 Å². The second kappa shape index (κ2) is 7.08. The van der Waals surface area contributed by atoms with E-state index in [0.717, 1.165) is 43.3 Å². The van der Waals surface area contributed by atoms with Crippen molar-refractivity contribution in [3.63, 3.8) is 0 Å². The highest BCUT2D eigenvalue weighted by atomic mass is 32.2. The van der Waals surface area contributed by atoms with Crippen LogP contribution < -0.4 is 9.62 Å². The van der Waals surface area contributed by atoms with Gasteiger partial charge in [0.1, 0.15) is 10.0 Å². The van der Waals surface area contributed by atoms with Crippen LogP contribution in [0.25, 0.3) is 0 Å². The summed E-state index contributed by atoms with van der Waals surface area (Å²) in [5.41, 5.74) is 1.03. The summed E-state index contributed by atoms with van der Waals surface area (Å²) < 4.78 is 27.5. The minimum absolute atomic E-state index is 0.307. The molecule has 0 amide bonds. The van der Waals surface area contributed by atoms with Gasteiger partial charge in [0, 0.05) is 31.1 Å². The number of nitrogens with one attached hydrogen (secondary N) is 1. The minimum atomic E-state index is -3.56. The van der Waals surface area contributed by atoms with Gasteiger partial charge in [0.15, 0.2) is 0 Å². The summed E-state index contributed by atoms with van der Waals surface area (Å²) in [6, 6.07) is 7.06. The van der Waals surface area contributed by atoms with Crippen molar-refractivity contribution in [2.24, 2.45) is 0 Å². The molecule has 0 aromatic carbocycles. The van der Waals surface area contributed by atoms with Crippen molar-refractivity contribution in [1.29, 1.82) is 0 Å². The van der Waals surface area contributed by atoms with Gasteiger partial charge < -0.3 is 9.80 Å². The summed E-state index contributed by atoms with van der Waals surface area (Å²) in [6.45, 7) is 9.16. The zero-order valence-electron chi connectivity index (χ0n) is 13.9. The molecule has 6 nitrogen and oxygen atoms in total. The van der Waals surface area contributed by atoms with Crippen LogP contribution in [0.3, 0.4) is 0 Å². The normalized spacial score (nSPS) is 16.3. The van der Waals surface area contributed by atoms with Crippen molar-refractivity contribution in [3.05, 3.63) is 35.3 Å². The van der Waals surface area contributed by atoms with Gasteiger partial charge in [-0.05, 0) is 37.7 Å². The number of hydrogen-bond donors (Lipinski definition) is 1. The number of anilines is 2. The van der Waals surface area contributed by atoms with Gasteiger partial charge in [-0.2, -0.15) is 0 Å². The molecule has 0 atom stereocenters. The summed E-state index contributed by atoms with van der Waals surface area (Å²) in [7, 11) is -3.56. The molecular formula is C16H22N4O2S2. The molecule has 1 N–H and O–H groups in total. The Hall–Kier alpha value is -1.64. The van der Waals surface area contributed by atoms with Gasteiger partial charge in [-0.15, -0.1) is 11.3 Å². The highest BCUT2D eigenvalue weighted by molar-refractivity contribution is 7.94. The molecule has 8 heteroatoms. The molecule has 0 bridgehead atoms. The number of pyridine rings is 1. The van der Waals surface area contributed by atoms with Crippen molar-refractivity contribution < 1.29 is 8.42 Å². The number of piperazine rings is 1. The third-order valence-corrected chi connectivity index (χ3v) is 7.00. The van der Waals surface area contributed by atoms with Crippen molar-refractivity contribution in [2.75, 3.05) is 42.3 Å². The molecule has 0 spiro atoms. The van der Waals surface area contributed by atoms with E-state index in [2.05, 4.69) is 26.4 Å². The van der Waals surface area contributed by atoms with Crippen molar-refractivity contribution in [1.82, 2.24) is 9.88 Å². The summed E-state index contributed by atoms with van der Waals surface area (Å²) >= 11 is 1.25. The smallest absolute Gasteiger partial charge is 0.272 e. The first-order valence-electron chi connectivity index (χ1n) is 8.00. The SMILES string of the molecule is CCN1CCN(c2ccc(NS(=O)(=O)c3ccc(C)s3)nc2)CC1. The Bertz CT molecular complexity index is 779. The van der Waals surface area contributed by atoms with Gasteiger partial charge in [-0.25, -0.2) is 13.4 Å². The average molecular weight is 367 g/mol. The molecule has 0 saturated carbocycles. The second-order valence-electron chi connectivity index (χ2n) is 5.79. The first-order valence-corrected chi connectivity index (χ1v) is 10.3. The molecule has 0 aliphatic carbocycles. The third-order valence-electron chi connectivity index (χ3n) is 4.15. The van der Waals surface area contributed by atoms with E-state index in [9.17, 15) is 8.42 Å². The van der Waals surface area contributed by atoms with E-state index >= 15 is 0 Å². The van der Waals surface area contributed by atoms with Crippen molar-refractivity contribution in [3.8, 4) is 0 Å². The fourth-order valence-corrected chi connectivity index (χ4v) is 4.99. The van der Waals surface area contributed by atoms with Gasteiger partial charge in [0.05, 0.1) is 11.9 Å². The van der Waals surface area contributed by atoms with Gasteiger partial charge >= 0.3 is 0 Å². The number of rotatable bonds is 5. The molecule has 1 aliphatic heterocycles. The predicted molar refractivity (Wildman–Crippen MR) is 98.4 cm³/mol. The number of likely N-dealkylation sites (N-methyl/N-ethyl adjacent to an activating group) is 1. The van der Waals surface area contributed by atoms with E-state index in [4.69, 9.17) is 0 Å². The van der Waals surface area contributed by atoms with Crippen LogP contribution in [-0.2, 0) is 10.0 Å². The van der Waals surface area contributed by atoms with Gasteiger partial charge in [0.2, 0.25) is 0 Å². The maximum atomic E-state index is 12.3. The molecule has 1 aliphatic rings. The molecule has 0 unspecified atom stereocenters. The lowest BCUT2D eigenvalue weighted by atomic mass is 10.3. The zero-order valence-corrected chi connectivity index (χ0v) is 15.5.